The molecular formula is C23H28N4O5. The number of ether oxygens (including phenoxy) is 1. The Balaban J connectivity index is 1.79. The number of nitrogens with zero attached hydrogens (tertiary/aromatic N) is 3. The highest BCUT2D eigenvalue weighted by Gasteiger charge is 2.21. The van der Waals surface area contributed by atoms with E-state index in [1.54, 1.807) is 31.2 Å². The van der Waals surface area contributed by atoms with Gasteiger partial charge in [-0.05, 0) is 37.2 Å². The molecule has 2 aromatic rings. The van der Waals surface area contributed by atoms with Crippen molar-refractivity contribution >= 4 is 28.9 Å². The number of carbonyl (C=O) groups excluding carboxylic acids is 2. The molecule has 2 aromatic carbocycles. The molecule has 1 saturated heterocycles. The number of benzene rings is 2. The van der Waals surface area contributed by atoms with Crippen molar-refractivity contribution in [1.82, 2.24) is 4.90 Å². The molecule has 0 spiro atoms. The lowest BCUT2D eigenvalue weighted by molar-refractivity contribution is -0.384. The van der Waals surface area contributed by atoms with Crippen LogP contribution in [-0.4, -0.2) is 61.0 Å². The number of esters is 1. The molecule has 0 atom stereocenters. The predicted molar refractivity (Wildman–Crippen MR) is 122 cm³/mol. The van der Waals surface area contributed by atoms with Crippen molar-refractivity contribution in [2.24, 2.45) is 0 Å². The second-order valence-electron chi connectivity index (χ2n) is 7.52. The third kappa shape index (κ3) is 5.82. The molecule has 1 fully saturated rings. The van der Waals surface area contributed by atoms with Crippen LogP contribution in [0.5, 0.6) is 0 Å². The smallest absolute Gasteiger partial charge is 0.338 e. The Morgan fingerprint density at radius 2 is 1.75 bits per heavy atom. The summed E-state index contributed by atoms with van der Waals surface area (Å²) in [5, 5.41) is 13.7. The summed E-state index contributed by atoms with van der Waals surface area (Å²) in [5.41, 5.74) is 2.41. The first kappa shape index (κ1) is 23.2. The molecule has 3 rings (SSSR count). The Morgan fingerprint density at radius 3 is 2.34 bits per heavy atom. The minimum absolute atomic E-state index is 0.0233. The van der Waals surface area contributed by atoms with E-state index in [-0.39, 0.29) is 24.6 Å². The van der Waals surface area contributed by atoms with Gasteiger partial charge in [-0.3, -0.25) is 14.9 Å². The van der Waals surface area contributed by atoms with E-state index in [9.17, 15) is 19.7 Å². The van der Waals surface area contributed by atoms with Gasteiger partial charge in [-0.1, -0.05) is 19.1 Å². The molecule has 9 nitrogen and oxygen atoms in total. The predicted octanol–water partition coefficient (Wildman–Crippen LogP) is 3.09. The van der Waals surface area contributed by atoms with Crippen LogP contribution in [0.4, 0.5) is 17.1 Å². The number of nitro groups is 1. The van der Waals surface area contributed by atoms with Gasteiger partial charge in [0.05, 0.1) is 34.9 Å². The Morgan fingerprint density at radius 1 is 1.06 bits per heavy atom. The van der Waals surface area contributed by atoms with E-state index in [0.29, 0.717) is 16.8 Å². The normalized spacial score (nSPS) is 14.1. The molecule has 1 aliphatic rings. The summed E-state index contributed by atoms with van der Waals surface area (Å²) in [6, 6.07) is 11.1. The number of piperazine rings is 1. The number of hydrogen-bond donors (Lipinski definition) is 1. The Kier molecular flexibility index (Phi) is 7.77. The molecule has 9 heteroatoms. The minimum atomic E-state index is -0.477. The summed E-state index contributed by atoms with van der Waals surface area (Å²) >= 11 is 0. The maximum atomic E-state index is 12.8. The Bertz CT molecular complexity index is 969. The van der Waals surface area contributed by atoms with Crippen molar-refractivity contribution in [1.29, 1.82) is 0 Å². The van der Waals surface area contributed by atoms with Crippen LogP contribution in [0.3, 0.4) is 0 Å². The van der Waals surface area contributed by atoms with Gasteiger partial charge in [0.2, 0.25) is 5.91 Å². The van der Waals surface area contributed by atoms with Gasteiger partial charge in [0.25, 0.3) is 5.69 Å². The number of amides is 1. The van der Waals surface area contributed by atoms with Crippen LogP contribution >= 0.6 is 0 Å². The maximum Gasteiger partial charge on any atom is 0.338 e. The second-order valence-corrected chi connectivity index (χ2v) is 7.52. The first-order chi connectivity index (χ1) is 15.4. The van der Waals surface area contributed by atoms with Gasteiger partial charge >= 0.3 is 5.97 Å². The summed E-state index contributed by atoms with van der Waals surface area (Å²) < 4.78 is 5.10. The first-order valence-electron chi connectivity index (χ1n) is 10.7. The standard InChI is InChI=1S/C23H28N4O5/c1-3-25-11-13-26(14-12-25)21-10-7-18(23(29)32-4-2)16-20(21)24-22(28)15-17-5-8-19(9-6-17)27(30)31/h5-10,16H,3-4,11-15H2,1-2H3,(H,24,28). The number of non-ortho nitro benzene ring substituents is 1. The van der Waals surface area contributed by atoms with E-state index in [0.717, 1.165) is 38.4 Å². The summed E-state index contributed by atoms with van der Waals surface area (Å²) in [7, 11) is 0. The Hall–Kier alpha value is -3.46. The molecule has 1 heterocycles. The Labute approximate surface area is 187 Å². The third-order valence-corrected chi connectivity index (χ3v) is 5.45. The lowest BCUT2D eigenvalue weighted by atomic mass is 10.1. The van der Waals surface area contributed by atoms with Crippen LogP contribution in [0.25, 0.3) is 0 Å². The molecule has 170 valence electrons. The molecule has 1 aliphatic heterocycles. The van der Waals surface area contributed by atoms with Crippen molar-refractivity contribution in [3.8, 4) is 0 Å². The quantitative estimate of drug-likeness (QED) is 0.382. The summed E-state index contributed by atoms with van der Waals surface area (Å²) in [4.78, 5) is 39.9. The van der Waals surface area contributed by atoms with Crippen molar-refractivity contribution in [2.45, 2.75) is 20.3 Å². The number of hydrogen-bond acceptors (Lipinski definition) is 7. The number of rotatable bonds is 8. The molecular weight excluding hydrogens is 412 g/mol. The number of carbonyl (C=O) groups is 2. The minimum Gasteiger partial charge on any atom is -0.462 e. The SMILES string of the molecule is CCOC(=O)c1ccc(N2CCN(CC)CC2)c(NC(=O)Cc2ccc([N+](=O)[O-])cc2)c1. The maximum absolute atomic E-state index is 12.8. The fraction of sp³-hybridized carbons (Fsp3) is 0.391. The molecule has 0 aromatic heterocycles. The van der Waals surface area contributed by atoms with Crippen molar-refractivity contribution in [3.05, 3.63) is 63.7 Å². The number of nitro benzene ring substituents is 1. The molecule has 0 unspecified atom stereocenters. The molecule has 0 radical (unpaired) electrons. The third-order valence-electron chi connectivity index (χ3n) is 5.45. The van der Waals surface area contributed by atoms with Gasteiger partial charge in [-0.25, -0.2) is 4.79 Å². The highest BCUT2D eigenvalue weighted by molar-refractivity contribution is 5.99. The van der Waals surface area contributed by atoms with Crippen LogP contribution in [0.2, 0.25) is 0 Å². The van der Waals surface area contributed by atoms with Crippen LogP contribution < -0.4 is 10.2 Å². The van der Waals surface area contributed by atoms with Gasteiger partial charge in [0, 0.05) is 38.3 Å². The lowest BCUT2D eigenvalue weighted by Gasteiger charge is -2.36. The van der Waals surface area contributed by atoms with Crippen LogP contribution in [0.15, 0.2) is 42.5 Å². The molecule has 1 N–H and O–H groups in total. The second kappa shape index (κ2) is 10.7. The highest BCUT2D eigenvalue weighted by Crippen LogP contribution is 2.29. The monoisotopic (exact) mass is 440 g/mol. The fourth-order valence-electron chi connectivity index (χ4n) is 3.67. The van der Waals surface area contributed by atoms with Crippen molar-refractivity contribution in [3.63, 3.8) is 0 Å². The average molecular weight is 441 g/mol. The van der Waals surface area contributed by atoms with Crippen LogP contribution in [0, 0.1) is 10.1 Å². The summed E-state index contributed by atoms with van der Waals surface area (Å²) in [6.45, 7) is 8.62. The molecule has 1 amide bonds. The zero-order valence-corrected chi connectivity index (χ0v) is 18.4. The average Bonchev–Trinajstić information content (AvgIpc) is 2.79. The number of likely N-dealkylation sites (N-methyl/N-ethyl adjacent to an activating group) is 1. The largest absolute Gasteiger partial charge is 0.462 e. The summed E-state index contributed by atoms with van der Waals surface area (Å²) in [5.74, 6) is -0.714. The number of anilines is 2. The van der Waals surface area contributed by atoms with Crippen molar-refractivity contribution in [2.75, 3.05) is 49.5 Å². The first-order valence-corrected chi connectivity index (χ1v) is 10.7. The van der Waals surface area contributed by atoms with E-state index >= 15 is 0 Å². The molecule has 0 bridgehead atoms. The van der Waals surface area contributed by atoms with E-state index in [1.807, 2.05) is 6.07 Å². The zero-order chi connectivity index (χ0) is 23.1. The fourth-order valence-corrected chi connectivity index (χ4v) is 3.67. The van der Waals surface area contributed by atoms with Crippen LogP contribution in [0.1, 0.15) is 29.8 Å². The lowest BCUT2D eigenvalue weighted by Crippen LogP contribution is -2.46. The van der Waals surface area contributed by atoms with E-state index < -0.39 is 10.9 Å². The van der Waals surface area contributed by atoms with Gasteiger partial charge < -0.3 is 19.9 Å². The van der Waals surface area contributed by atoms with Crippen molar-refractivity contribution < 1.29 is 19.2 Å². The van der Waals surface area contributed by atoms with E-state index in [4.69, 9.17) is 4.74 Å². The molecule has 0 saturated carbocycles. The van der Waals surface area contributed by atoms with Gasteiger partial charge in [-0.2, -0.15) is 0 Å². The highest BCUT2D eigenvalue weighted by atomic mass is 16.6. The molecule has 0 aliphatic carbocycles. The summed E-state index contributed by atoms with van der Waals surface area (Å²) in [6.07, 6.45) is 0.0602. The van der Waals surface area contributed by atoms with Gasteiger partial charge in [-0.15, -0.1) is 0 Å². The number of nitrogens with one attached hydrogen (secondary N) is 1. The van der Waals surface area contributed by atoms with Gasteiger partial charge in [0.1, 0.15) is 0 Å². The van der Waals surface area contributed by atoms with Crippen LogP contribution in [-0.2, 0) is 16.0 Å². The topological polar surface area (TPSA) is 105 Å². The zero-order valence-electron chi connectivity index (χ0n) is 18.4. The van der Waals surface area contributed by atoms with E-state index in [2.05, 4.69) is 22.0 Å². The van der Waals surface area contributed by atoms with E-state index in [1.165, 1.54) is 12.1 Å². The molecule has 32 heavy (non-hydrogen) atoms. The van der Waals surface area contributed by atoms with Gasteiger partial charge in [0.15, 0.2) is 0 Å².